The van der Waals surface area contributed by atoms with Crippen molar-refractivity contribution >= 4 is 24.3 Å². The molecular formula is C14H11NO2Se. The van der Waals surface area contributed by atoms with Crippen molar-refractivity contribution in [1.82, 2.24) is 4.98 Å². The van der Waals surface area contributed by atoms with Crippen LogP contribution in [0.25, 0.3) is 9.78 Å². The zero-order chi connectivity index (χ0) is 12.4. The molecule has 0 atom stereocenters. The Labute approximate surface area is 111 Å². The molecular weight excluding hydrogens is 293 g/mol. The number of methoxy groups -OCH3 is 1. The molecule has 1 aromatic heterocycles. The molecule has 0 spiro atoms. The minimum absolute atomic E-state index is 0.163. The fourth-order valence-corrected chi connectivity index (χ4v) is 3.39. The summed E-state index contributed by atoms with van der Waals surface area (Å²) >= 11 is 0.163. The number of rotatable bonds is 3. The zero-order valence-electron chi connectivity index (χ0n) is 9.79. The Hall–Kier alpha value is -1.77. The van der Waals surface area contributed by atoms with Gasteiger partial charge in [-0.1, -0.05) is 0 Å². The topological polar surface area (TPSA) is 31.4 Å². The van der Waals surface area contributed by atoms with Gasteiger partial charge in [-0.15, -0.1) is 0 Å². The van der Waals surface area contributed by atoms with Gasteiger partial charge in [0.2, 0.25) is 0 Å². The molecule has 2 aromatic carbocycles. The third-order valence-electron chi connectivity index (χ3n) is 2.54. The number of ether oxygens (including phenoxy) is 2. The Morgan fingerprint density at radius 3 is 2.39 bits per heavy atom. The number of benzene rings is 2. The van der Waals surface area contributed by atoms with E-state index < -0.39 is 0 Å². The Kier molecular flexibility index (Phi) is 3.05. The van der Waals surface area contributed by atoms with Gasteiger partial charge in [-0.25, -0.2) is 0 Å². The third-order valence-corrected chi connectivity index (χ3v) is 4.46. The minimum atomic E-state index is 0.163. The van der Waals surface area contributed by atoms with Crippen molar-refractivity contribution in [2.75, 3.05) is 7.11 Å². The Bertz CT molecular complexity index is 628. The Morgan fingerprint density at radius 1 is 0.944 bits per heavy atom. The molecule has 0 saturated carbocycles. The van der Waals surface area contributed by atoms with Gasteiger partial charge in [0.1, 0.15) is 0 Å². The van der Waals surface area contributed by atoms with Crippen molar-refractivity contribution < 1.29 is 9.47 Å². The average molecular weight is 304 g/mol. The molecule has 0 N–H and O–H groups in total. The zero-order valence-corrected chi connectivity index (χ0v) is 11.5. The summed E-state index contributed by atoms with van der Waals surface area (Å²) in [6.07, 6.45) is 0. The summed E-state index contributed by atoms with van der Waals surface area (Å²) < 4.78 is 13.0. The van der Waals surface area contributed by atoms with Crippen LogP contribution in [0.2, 0.25) is 0 Å². The van der Waals surface area contributed by atoms with E-state index in [-0.39, 0.29) is 14.5 Å². The van der Waals surface area contributed by atoms with Crippen molar-refractivity contribution in [2.24, 2.45) is 0 Å². The number of hydrogen-bond donors (Lipinski definition) is 0. The third kappa shape index (κ3) is 2.26. The molecule has 0 radical (unpaired) electrons. The normalized spacial score (nSPS) is 10.5. The van der Waals surface area contributed by atoms with E-state index in [2.05, 4.69) is 11.1 Å². The van der Waals surface area contributed by atoms with Gasteiger partial charge in [0.05, 0.1) is 0 Å². The van der Waals surface area contributed by atoms with Crippen LogP contribution in [0.3, 0.4) is 0 Å². The number of nitrogens with zero attached hydrogens (tertiary/aromatic N) is 1. The fraction of sp³-hybridized carbons (Fsp3) is 0.0714. The van der Waals surface area contributed by atoms with E-state index in [9.17, 15) is 0 Å². The Balaban J connectivity index is 1.86. The fourth-order valence-electron chi connectivity index (χ4n) is 1.64. The van der Waals surface area contributed by atoms with Crippen molar-refractivity contribution in [1.29, 1.82) is 0 Å². The number of para-hydroxylation sites is 1. The van der Waals surface area contributed by atoms with Crippen LogP contribution < -0.4 is 9.47 Å². The summed E-state index contributed by atoms with van der Waals surface area (Å²) in [5, 5.41) is 0. The molecule has 0 aliphatic heterocycles. The van der Waals surface area contributed by atoms with Crippen LogP contribution in [0.1, 0.15) is 0 Å². The molecule has 1 heterocycles. The molecule has 0 amide bonds. The molecule has 4 heteroatoms. The van der Waals surface area contributed by atoms with E-state index in [0.717, 1.165) is 21.8 Å². The van der Waals surface area contributed by atoms with Gasteiger partial charge in [-0.05, 0) is 0 Å². The van der Waals surface area contributed by atoms with Crippen molar-refractivity contribution in [3.8, 4) is 16.3 Å². The standard InChI is InChI=1S/C14H11NO2Se/c1-16-10-6-8-11(9-7-10)17-14-15-12-4-2-3-5-13(12)18-14/h2-9H,1H3. The monoisotopic (exact) mass is 305 g/mol. The molecule has 18 heavy (non-hydrogen) atoms. The van der Waals surface area contributed by atoms with E-state index >= 15 is 0 Å². The number of fused-ring (bicyclic) bond motifs is 1. The first kappa shape index (κ1) is 11.3. The molecule has 3 rings (SSSR count). The second kappa shape index (κ2) is 4.84. The van der Waals surface area contributed by atoms with Crippen LogP contribution in [-0.4, -0.2) is 26.6 Å². The molecule has 0 saturated heterocycles. The predicted molar refractivity (Wildman–Crippen MR) is 71.8 cm³/mol. The summed E-state index contributed by atoms with van der Waals surface area (Å²) in [4.78, 5) is 4.48. The second-order valence-electron chi connectivity index (χ2n) is 3.73. The van der Waals surface area contributed by atoms with Gasteiger partial charge in [0.25, 0.3) is 0 Å². The quantitative estimate of drug-likeness (QED) is 0.697. The number of hydrogen-bond acceptors (Lipinski definition) is 3. The Morgan fingerprint density at radius 2 is 1.67 bits per heavy atom. The van der Waals surface area contributed by atoms with E-state index in [4.69, 9.17) is 9.47 Å². The predicted octanol–water partition coefficient (Wildman–Crippen LogP) is 3.09. The first-order valence-electron chi connectivity index (χ1n) is 5.52. The summed E-state index contributed by atoms with van der Waals surface area (Å²) in [7, 11) is 1.65. The molecule has 0 unspecified atom stereocenters. The SMILES string of the molecule is COc1ccc(Oc2nc3ccccc3[se]2)cc1. The summed E-state index contributed by atoms with van der Waals surface area (Å²) in [6.45, 7) is 0. The van der Waals surface area contributed by atoms with Crippen molar-refractivity contribution in [2.45, 2.75) is 0 Å². The van der Waals surface area contributed by atoms with Gasteiger partial charge >= 0.3 is 111 Å². The summed E-state index contributed by atoms with van der Waals surface area (Å²) in [6, 6.07) is 15.7. The first-order chi connectivity index (χ1) is 8.85. The van der Waals surface area contributed by atoms with Crippen LogP contribution >= 0.6 is 0 Å². The maximum atomic E-state index is 5.78. The van der Waals surface area contributed by atoms with Crippen LogP contribution in [0.5, 0.6) is 16.3 Å². The van der Waals surface area contributed by atoms with Crippen molar-refractivity contribution in [3.63, 3.8) is 0 Å². The van der Waals surface area contributed by atoms with Gasteiger partial charge in [0.15, 0.2) is 0 Å². The molecule has 0 bridgehead atoms. The van der Waals surface area contributed by atoms with Crippen LogP contribution in [0.4, 0.5) is 0 Å². The molecule has 0 aliphatic rings. The molecule has 90 valence electrons. The van der Waals surface area contributed by atoms with E-state index in [1.54, 1.807) is 7.11 Å². The van der Waals surface area contributed by atoms with Gasteiger partial charge in [0, 0.05) is 0 Å². The van der Waals surface area contributed by atoms with E-state index in [1.165, 1.54) is 4.26 Å². The van der Waals surface area contributed by atoms with E-state index in [0.29, 0.717) is 0 Å². The maximum absolute atomic E-state index is 5.78. The second-order valence-corrected chi connectivity index (χ2v) is 5.81. The van der Waals surface area contributed by atoms with Gasteiger partial charge < -0.3 is 0 Å². The first-order valence-corrected chi connectivity index (χ1v) is 7.24. The van der Waals surface area contributed by atoms with Crippen LogP contribution in [0, 0.1) is 0 Å². The van der Waals surface area contributed by atoms with Gasteiger partial charge in [-0.3, -0.25) is 0 Å². The molecule has 3 nitrogen and oxygen atoms in total. The average Bonchev–Trinajstić information content (AvgIpc) is 2.82. The van der Waals surface area contributed by atoms with Crippen LogP contribution in [0.15, 0.2) is 48.5 Å². The number of aromatic nitrogens is 1. The van der Waals surface area contributed by atoms with Crippen molar-refractivity contribution in [3.05, 3.63) is 48.5 Å². The van der Waals surface area contributed by atoms with Crippen LogP contribution in [-0.2, 0) is 0 Å². The van der Waals surface area contributed by atoms with Gasteiger partial charge in [-0.2, -0.15) is 0 Å². The molecule has 0 aliphatic carbocycles. The molecule has 3 aromatic rings. The van der Waals surface area contributed by atoms with E-state index in [1.807, 2.05) is 42.5 Å². The summed E-state index contributed by atoms with van der Waals surface area (Å²) in [5.74, 6) is 1.62. The summed E-state index contributed by atoms with van der Waals surface area (Å²) in [5.41, 5.74) is 1.03. The molecule has 0 fully saturated rings.